The van der Waals surface area contributed by atoms with E-state index < -0.39 is 12.3 Å². The molecule has 6 heavy (non-hydrogen) atoms. The fraction of sp³-hybridized carbons (Fsp3) is 1.00. The molecule has 0 unspecified atom stereocenters. The highest BCUT2D eigenvalue weighted by Gasteiger charge is 2.27. The van der Waals surface area contributed by atoms with Crippen LogP contribution >= 0.6 is 0 Å². The minimum Gasteiger partial charge on any atom is -0.390 e. The van der Waals surface area contributed by atoms with Crippen LogP contribution in [0.25, 0.3) is 0 Å². The molecule has 1 aliphatic rings. The minimum atomic E-state index is -0.912. The zero-order valence-electron chi connectivity index (χ0n) is 3.39. The van der Waals surface area contributed by atoms with E-state index in [1.165, 1.54) is 0 Å². The van der Waals surface area contributed by atoms with Crippen LogP contribution in [0.15, 0.2) is 0 Å². The Hall–Kier alpha value is -0.110. The Morgan fingerprint density at radius 2 is 2.00 bits per heavy atom. The first-order chi connectivity index (χ1) is 2.80. The zero-order valence-corrected chi connectivity index (χ0v) is 3.39. The van der Waals surface area contributed by atoms with E-state index in [4.69, 9.17) is 5.11 Å². The lowest BCUT2D eigenvalue weighted by Crippen LogP contribution is -2.32. The van der Waals surface area contributed by atoms with E-state index in [2.05, 4.69) is 0 Å². The van der Waals surface area contributed by atoms with Gasteiger partial charge >= 0.3 is 0 Å². The van der Waals surface area contributed by atoms with Gasteiger partial charge in [0.25, 0.3) is 0 Å². The summed E-state index contributed by atoms with van der Waals surface area (Å²) < 4.78 is 11.7. The topological polar surface area (TPSA) is 20.2 Å². The molecule has 0 aliphatic heterocycles. The number of hydrogen-bond acceptors (Lipinski definition) is 1. The first-order valence-corrected chi connectivity index (χ1v) is 2.13. The molecule has 0 aromatic heterocycles. The van der Waals surface area contributed by atoms with Gasteiger partial charge in [-0.05, 0) is 12.8 Å². The Balaban J connectivity index is 2.20. The Kier molecular flexibility index (Phi) is 0.804. The van der Waals surface area contributed by atoms with Gasteiger partial charge in [0.05, 0.1) is 6.10 Å². The van der Waals surface area contributed by atoms with Crippen molar-refractivity contribution in [3.63, 3.8) is 0 Å². The molecule has 2 atom stereocenters. The van der Waals surface area contributed by atoms with Gasteiger partial charge in [0.2, 0.25) is 0 Å². The third kappa shape index (κ3) is 0.411. The summed E-state index contributed by atoms with van der Waals surface area (Å²) in [6.07, 6.45) is -0.336. The minimum absolute atomic E-state index is 0.557. The molecule has 1 rings (SSSR count). The SMILES string of the molecule is O[C@@H]1CC[C@H]1F. The summed E-state index contributed by atoms with van der Waals surface area (Å²) in [5.41, 5.74) is 0. The highest BCUT2D eigenvalue weighted by molar-refractivity contribution is 4.78. The number of halogens is 1. The summed E-state index contributed by atoms with van der Waals surface area (Å²) in [5, 5.41) is 8.34. The van der Waals surface area contributed by atoms with Crippen molar-refractivity contribution in [3.05, 3.63) is 0 Å². The van der Waals surface area contributed by atoms with E-state index >= 15 is 0 Å². The van der Waals surface area contributed by atoms with E-state index in [9.17, 15) is 4.39 Å². The fourth-order valence-electron chi connectivity index (χ4n) is 0.442. The smallest absolute Gasteiger partial charge is 0.126 e. The van der Waals surface area contributed by atoms with Gasteiger partial charge < -0.3 is 5.11 Å². The van der Waals surface area contributed by atoms with Crippen molar-refractivity contribution in [2.75, 3.05) is 0 Å². The summed E-state index contributed by atoms with van der Waals surface area (Å²) >= 11 is 0. The normalized spacial score (nSPS) is 45.0. The van der Waals surface area contributed by atoms with Crippen molar-refractivity contribution >= 4 is 0 Å². The van der Waals surface area contributed by atoms with Crippen LogP contribution in [-0.2, 0) is 0 Å². The van der Waals surface area contributed by atoms with Crippen LogP contribution in [0, 0.1) is 0 Å². The average molecular weight is 90.1 g/mol. The molecular weight excluding hydrogens is 83.0 g/mol. The summed E-state index contributed by atoms with van der Waals surface area (Å²) in [6.45, 7) is 0. The van der Waals surface area contributed by atoms with Crippen LogP contribution in [0.2, 0.25) is 0 Å². The first-order valence-electron chi connectivity index (χ1n) is 2.13. The Bertz CT molecular complexity index is 47.5. The van der Waals surface area contributed by atoms with Crippen LogP contribution in [0.1, 0.15) is 12.8 Å². The molecule has 0 spiro atoms. The third-order valence-electron chi connectivity index (χ3n) is 1.16. The number of hydrogen-bond donors (Lipinski definition) is 1. The van der Waals surface area contributed by atoms with Crippen LogP contribution < -0.4 is 0 Å². The molecule has 0 amide bonds. The third-order valence-corrected chi connectivity index (χ3v) is 1.16. The molecule has 0 aromatic rings. The first kappa shape index (κ1) is 4.06. The molecule has 1 aliphatic carbocycles. The van der Waals surface area contributed by atoms with Crippen molar-refractivity contribution in [2.45, 2.75) is 25.1 Å². The van der Waals surface area contributed by atoms with Crippen molar-refractivity contribution in [3.8, 4) is 0 Å². The molecule has 0 radical (unpaired) electrons. The van der Waals surface area contributed by atoms with Gasteiger partial charge in [-0.25, -0.2) is 4.39 Å². The summed E-state index contributed by atoms with van der Waals surface area (Å²) in [6, 6.07) is 0. The van der Waals surface area contributed by atoms with E-state index in [1.54, 1.807) is 0 Å². The second-order valence-corrected chi connectivity index (χ2v) is 1.66. The van der Waals surface area contributed by atoms with Crippen LogP contribution in [0.4, 0.5) is 4.39 Å². The quantitative estimate of drug-likeness (QED) is 0.458. The van der Waals surface area contributed by atoms with Gasteiger partial charge in [0, 0.05) is 0 Å². The van der Waals surface area contributed by atoms with Crippen molar-refractivity contribution in [2.24, 2.45) is 0 Å². The Labute approximate surface area is 35.8 Å². The monoisotopic (exact) mass is 90.0 g/mol. The molecule has 36 valence electrons. The Morgan fingerprint density at radius 3 is 2.00 bits per heavy atom. The van der Waals surface area contributed by atoms with Crippen molar-refractivity contribution < 1.29 is 9.50 Å². The highest BCUT2D eigenvalue weighted by atomic mass is 19.1. The molecule has 1 fully saturated rings. The highest BCUT2D eigenvalue weighted by Crippen LogP contribution is 2.21. The molecule has 0 bridgehead atoms. The second-order valence-electron chi connectivity index (χ2n) is 1.66. The maximum absolute atomic E-state index is 11.7. The van der Waals surface area contributed by atoms with Crippen LogP contribution in [0.5, 0.6) is 0 Å². The van der Waals surface area contributed by atoms with E-state index in [-0.39, 0.29) is 0 Å². The summed E-state index contributed by atoms with van der Waals surface area (Å²) in [5.74, 6) is 0. The van der Waals surface area contributed by atoms with Crippen LogP contribution in [0.3, 0.4) is 0 Å². The van der Waals surface area contributed by atoms with Gasteiger partial charge in [-0.15, -0.1) is 0 Å². The van der Waals surface area contributed by atoms with E-state index in [1.807, 2.05) is 0 Å². The molecule has 1 nitrogen and oxygen atoms in total. The molecule has 1 N–H and O–H groups in total. The van der Waals surface area contributed by atoms with Crippen molar-refractivity contribution in [1.29, 1.82) is 0 Å². The van der Waals surface area contributed by atoms with Gasteiger partial charge in [-0.2, -0.15) is 0 Å². The molecule has 2 heteroatoms. The van der Waals surface area contributed by atoms with E-state index in [0.29, 0.717) is 12.8 Å². The fourth-order valence-corrected chi connectivity index (χ4v) is 0.442. The van der Waals surface area contributed by atoms with Gasteiger partial charge in [-0.1, -0.05) is 0 Å². The van der Waals surface area contributed by atoms with Gasteiger partial charge in [0.1, 0.15) is 6.17 Å². The number of alkyl halides is 1. The van der Waals surface area contributed by atoms with Gasteiger partial charge in [-0.3, -0.25) is 0 Å². The van der Waals surface area contributed by atoms with Crippen LogP contribution in [-0.4, -0.2) is 17.4 Å². The standard InChI is InChI=1S/C4H7FO/c5-3-1-2-4(3)6/h3-4,6H,1-2H2/t3-,4-/m1/s1. The average Bonchev–Trinajstić information content (AvgIpc) is 1.61. The summed E-state index contributed by atoms with van der Waals surface area (Å²) in [7, 11) is 0. The zero-order chi connectivity index (χ0) is 4.57. The second kappa shape index (κ2) is 1.19. The number of rotatable bonds is 0. The van der Waals surface area contributed by atoms with Gasteiger partial charge in [0.15, 0.2) is 0 Å². The lowest BCUT2D eigenvalue weighted by Gasteiger charge is -2.24. The Morgan fingerprint density at radius 1 is 1.50 bits per heavy atom. The number of aliphatic hydroxyl groups excluding tert-OH is 1. The number of aliphatic hydroxyl groups is 1. The largest absolute Gasteiger partial charge is 0.390 e. The molecule has 0 heterocycles. The molecule has 0 aromatic carbocycles. The molecule has 0 saturated heterocycles. The maximum Gasteiger partial charge on any atom is 0.126 e. The predicted molar refractivity (Wildman–Crippen MR) is 20.1 cm³/mol. The summed E-state index contributed by atoms with van der Waals surface area (Å²) in [4.78, 5) is 0. The molecular formula is C4H7FO. The molecule has 1 saturated carbocycles. The predicted octanol–water partition coefficient (Wildman–Crippen LogP) is 0.479. The lowest BCUT2D eigenvalue weighted by molar-refractivity contribution is -0.000127. The van der Waals surface area contributed by atoms with E-state index in [0.717, 1.165) is 0 Å². The maximum atomic E-state index is 11.7. The van der Waals surface area contributed by atoms with Crippen molar-refractivity contribution in [1.82, 2.24) is 0 Å². The lowest BCUT2D eigenvalue weighted by atomic mass is 9.94.